The SMILES string of the molecule is CN(C)[C@@H]1C[C@@H](C(=O)O)N(Cc2ccc(C#CCO)s2)C1. The molecule has 21 heavy (non-hydrogen) atoms. The Morgan fingerprint density at radius 1 is 1.52 bits per heavy atom. The van der Waals surface area contributed by atoms with Gasteiger partial charge in [-0.05, 0) is 32.6 Å². The highest BCUT2D eigenvalue weighted by molar-refractivity contribution is 7.12. The number of aliphatic hydroxyl groups is 1. The average Bonchev–Trinajstić information content (AvgIpc) is 3.03. The Kier molecular flexibility index (Phi) is 5.37. The quantitative estimate of drug-likeness (QED) is 0.801. The van der Waals surface area contributed by atoms with Crippen LogP contribution in [0.5, 0.6) is 0 Å². The fraction of sp³-hybridized carbons (Fsp3) is 0.533. The first kappa shape index (κ1) is 16.0. The minimum absolute atomic E-state index is 0.148. The van der Waals surface area contributed by atoms with Crippen molar-refractivity contribution >= 4 is 17.3 Å². The fourth-order valence-corrected chi connectivity index (χ4v) is 3.45. The number of aliphatic carboxylic acids is 1. The molecule has 0 bridgehead atoms. The number of hydrogen-bond donors (Lipinski definition) is 2. The molecule has 0 aromatic carbocycles. The highest BCUT2D eigenvalue weighted by Crippen LogP contribution is 2.25. The van der Waals surface area contributed by atoms with Gasteiger partial charge in [0.25, 0.3) is 0 Å². The van der Waals surface area contributed by atoms with E-state index in [1.807, 2.05) is 31.1 Å². The zero-order valence-electron chi connectivity index (χ0n) is 12.2. The van der Waals surface area contributed by atoms with Crippen molar-refractivity contribution in [3.05, 3.63) is 21.9 Å². The Morgan fingerprint density at radius 2 is 2.29 bits per heavy atom. The van der Waals surface area contributed by atoms with Crippen LogP contribution in [-0.2, 0) is 11.3 Å². The molecule has 0 saturated carbocycles. The number of nitrogens with zero attached hydrogens (tertiary/aromatic N) is 2. The summed E-state index contributed by atoms with van der Waals surface area (Å²) in [5.41, 5.74) is 0. The van der Waals surface area contributed by atoms with E-state index >= 15 is 0 Å². The molecule has 5 nitrogen and oxygen atoms in total. The number of hydrogen-bond acceptors (Lipinski definition) is 5. The second-order valence-corrected chi connectivity index (χ2v) is 6.53. The van der Waals surface area contributed by atoms with Gasteiger partial charge in [0.1, 0.15) is 12.6 Å². The predicted octanol–water partition coefficient (Wildman–Crippen LogP) is 0.681. The minimum atomic E-state index is -0.754. The van der Waals surface area contributed by atoms with Crippen molar-refractivity contribution in [3.8, 4) is 11.8 Å². The summed E-state index contributed by atoms with van der Waals surface area (Å²) in [6.07, 6.45) is 0.658. The molecule has 2 heterocycles. The molecular weight excluding hydrogens is 288 g/mol. The lowest BCUT2D eigenvalue weighted by Crippen LogP contribution is -2.35. The number of aliphatic hydroxyl groups excluding tert-OH is 1. The predicted molar refractivity (Wildman–Crippen MR) is 82.2 cm³/mol. The third kappa shape index (κ3) is 4.05. The maximum absolute atomic E-state index is 11.4. The maximum Gasteiger partial charge on any atom is 0.320 e. The van der Waals surface area contributed by atoms with E-state index in [1.54, 1.807) is 11.3 Å². The second-order valence-electron chi connectivity index (χ2n) is 5.36. The van der Waals surface area contributed by atoms with E-state index in [9.17, 15) is 9.90 Å². The molecule has 1 saturated heterocycles. The largest absolute Gasteiger partial charge is 0.480 e. The molecule has 0 aliphatic carbocycles. The summed E-state index contributed by atoms with van der Waals surface area (Å²) in [5, 5.41) is 18.1. The molecule has 2 atom stereocenters. The van der Waals surface area contributed by atoms with Gasteiger partial charge in [-0.2, -0.15) is 0 Å². The minimum Gasteiger partial charge on any atom is -0.480 e. The molecule has 0 amide bonds. The van der Waals surface area contributed by atoms with Crippen LogP contribution >= 0.6 is 11.3 Å². The summed E-state index contributed by atoms with van der Waals surface area (Å²) in [6, 6.07) is 3.75. The number of rotatable bonds is 4. The first-order valence-corrected chi connectivity index (χ1v) is 7.64. The number of carbonyl (C=O) groups is 1. The average molecular weight is 308 g/mol. The Hall–Kier alpha value is -1.39. The molecular formula is C15H20N2O3S. The van der Waals surface area contributed by atoms with Crippen molar-refractivity contribution in [2.24, 2.45) is 0 Å². The van der Waals surface area contributed by atoms with Gasteiger partial charge in [-0.1, -0.05) is 11.8 Å². The van der Waals surface area contributed by atoms with Gasteiger partial charge < -0.3 is 15.1 Å². The van der Waals surface area contributed by atoms with Crippen LogP contribution in [0.3, 0.4) is 0 Å². The van der Waals surface area contributed by atoms with Crippen LogP contribution in [0.25, 0.3) is 0 Å². The molecule has 1 aliphatic rings. The monoisotopic (exact) mass is 308 g/mol. The van der Waals surface area contributed by atoms with Crippen LogP contribution in [0.1, 0.15) is 16.2 Å². The topological polar surface area (TPSA) is 64.0 Å². The maximum atomic E-state index is 11.4. The molecule has 0 spiro atoms. The van der Waals surface area contributed by atoms with Crippen molar-refractivity contribution < 1.29 is 15.0 Å². The Morgan fingerprint density at radius 3 is 2.90 bits per heavy atom. The van der Waals surface area contributed by atoms with Crippen LogP contribution in [0.4, 0.5) is 0 Å². The third-order valence-corrected chi connectivity index (χ3v) is 4.69. The van der Waals surface area contributed by atoms with Crippen molar-refractivity contribution in [2.75, 3.05) is 27.2 Å². The first-order valence-electron chi connectivity index (χ1n) is 6.83. The van der Waals surface area contributed by atoms with Crippen molar-refractivity contribution in [1.29, 1.82) is 0 Å². The molecule has 0 unspecified atom stereocenters. The van der Waals surface area contributed by atoms with E-state index in [1.165, 1.54) is 0 Å². The first-order chi connectivity index (χ1) is 10.0. The van der Waals surface area contributed by atoms with Crippen LogP contribution in [0.2, 0.25) is 0 Å². The zero-order chi connectivity index (χ0) is 15.4. The lowest BCUT2D eigenvalue weighted by Gasteiger charge is -2.21. The third-order valence-electron chi connectivity index (χ3n) is 3.71. The Labute approximate surface area is 128 Å². The molecule has 2 rings (SSSR count). The lowest BCUT2D eigenvalue weighted by molar-refractivity contribution is -0.142. The van der Waals surface area contributed by atoms with Crippen LogP contribution in [0.15, 0.2) is 12.1 Å². The highest BCUT2D eigenvalue weighted by Gasteiger charge is 2.37. The Balaban J connectivity index is 2.06. The normalized spacial score (nSPS) is 22.3. The standard InChI is InChI=1S/C15H20N2O3S/c1-16(2)11-8-14(15(19)20)17(9-11)10-13-6-5-12(21-13)4-3-7-18/h5-6,11,14,18H,7-10H2,1-2H3,(H,19,20)/t11-,14+/m1/s1. The number of likely N-dealkylation sites (tertiary alicyclic amines) is 1. The van der Waals surface area contributed by atoms with Crippen LogP contribution in [-0.4, -0.2) is 65.3 Å². The van der Waals surface area contributed by atoms with Gasteiger partial charge in [-0.15, -0.1) is 11.3 Å². The van der Waals surface area contributed by atoms with E-state index in [0.29, 0.717) is 13.0 Å². The van der Waals surface area contributed by atoms with Crippen LogP contribution < -0.4 is 0 Å². The van der Waals surface area contributed by atoms with E-state index in [4.69, 9.17) is 5.11 Å². The van der Waals surface area contributed by atoms with Gasteiger partial charge in [0, 0.05) is 24.0 Å². The van der Waals surface area contributed by atoms with Gasteiger partial charge in [0.05, 0.1) is 4.88 Å². The van der Waals surface area contributed by atoms with Crippen molar-refractivity contribution in [1.82, 2.24) is 9.80 Å². The summed E-state index contributed by atoms with van der Waals surface area (Å²) in [5.74, 6) is 4.74. The van der Waals surface area contributed by atoms with E-state index < -0.39 is 12.0 Å². The molecule has 1 aromatic heterocycles. The van der Waals surface area contributed by atoms with Crippen molar-refractivity contribution in [3.63, 3.8) is 0 Å². The molecule has 1 fully saturated rings. The molecule has 0 radical (unpaired) electrons. The summed E-state index contributed by atoms with van der Waals surface area (Å²) < 4.78 is 0. The van der Waals surface area contributed by atoms with Gasteiger partial charge in [-0.3, -0.25) is 9.69 Å². The summed E-state index contributed by atoms with van der Waals surface area (Å²) >= 11 is 1.55. The van der Waals surface area contributed by atoms with E-state index in [-0.39, 0.29) is 12.6 Å². The van der Waals surface area contributed by atoms with Crippen LogP contribution in [0, 0.1) is 11.8 Å². The number of thiophene rings is 1. The molecule has 2 N–H and O–H groups in total. The summed E-state index contributed by atoms with van der Waals surface area (Å²) in [7, 11) is 3.97. The second kappa shape index (κ2) is 7.05. The zero-order valence-corrected chi connectivity index (χ0v) is 13.1. The van der Waals surface area contributed by atoms with Gasteiger partial charge >= 0.3 is 5.97 Å². The molecule has 114 valence electrons. The van der Waals surface area contributed by atoms with Gasteiger partial charge in [-0.25, -0.2) is 0 Å². The van der Waals surface area contributed by atoms with Crippen molar-refractivity contribution in [2.45, 2.75) is 25.0 Å². The smallest absolute Gasteiger partial charge is 0.320 e. The fourth-order valence-electron chi connectivity index (χ4n) is 2.54. The number of carboxylic acid groups (broad SMARTS) is 1. The molecule has 6 heteroatoms. The van der Waals surface area contributed by atoms with E-state index in [2.05, 4.69) is 16.7 Å². The number of carboxylic acids is 1. The molecule has 1 aromatic rings. The summed E-state index contributed by atoms with van der Waals surface area (Å²) in [4.78, 5) is 17.5. The summed E-state index contributed by atoms with van der Waals surface area (Å²) in [6.45, 7) is 1.25. The van der Waals surface area contributed by atoms with Gasteiger partial charge in [0.2, 0.25) is 0 Å². The number of likely N-dealkylation sites (N-methyl/N-ethyl adjacent to an activating group) is 1. The lowest BCUT2D eigenvalue weighted by atomic mass is 10.1. The van der Waals surface area contributed by atoms with Gasteiger partial charge in [0.15, 0.2) is 0 Å². The highest BCUT2D eigenvalue weighted by atomic mass is 32.1. The molecule has 1 aliphatic heterocycles. The van der Waals surface area contributed by atoms with E-state index in [0.717, 1.165) is 16.3 Å². The Bertz CT molecular complexity index is 559.